The lowest BCUT2D eigenvalue weighted by molar-refractivity contribution is -0.138. The van der Waals surface area contributed by atoms with E-state index < -0.39 is 75.1 Å². The fourth-order valence-electron chi connectivity index (χ4n) is 11.3. The van der Waals surface area contributed by atoms with Crippen LogP contribution in [0, 0.1) is 22.6 Å². The van der Waals surface area contributed by atoms with Crippen LogP contribution in [0.3, 0.4) is 0 Å². The molecule has 0 aliphatic carbocycles. The van der Waals surface area contributed by atoms with Gasteiger partial charge in [0, 0.05) is 30.7 Å². The fraction of sp³-hybridized carbons (Fsp3) is 0.254. The van der Waals surface area contributed by atoms with Crippen molar-refractivity contribution in [3.63, 3.8) is 0 Å². The molecule has 4 amide bonds. The average molecular weight is 1120 g/mol. The topological polar surface area (TPSA) is 205 Å². The Kier molecular flexibility index (Phi) is 13.9. The Hall–Kier alpha value is -9.41. The smallest absolute Gasteiger partial charge is 0.338 e. The van der Waals surface area contributed by atoms with Gasteiger partial charge in [-0.1, -0.05) is 85.8 Å². The first-order valence-electron chi connectivity index (χ1n) is 26.0. The maximum absolute atomic E-state index is 14.9. The Labute approximate surface area is 464 Å². The zero-order valence-electron chi connectivity index (χ0n) is 43.6. The highest BCUT2D eigenvalue weighted by molar-refractivity contribution is 6.10. The number of hydrogen-bond acceptors (Lipinski definition) is 10. The monoisotopic (exact) mass is 1120 g/mol. The molecule has 23 heteroatoms. The van der Waals surface area contributed by atoms with E-state index in [4.69, 9.17) is 10.8 Å². The molecule has 3 unspecified atom stereocenters. The van der Waals surface area contributed by atoms with Crippen molar-refractivity contribution >= 4 is 35.5 Å². The molecule has 418 valence electrons. The van der Waals surface area contributed by atoms with E-state index in [1.54, 1.807) is 42.5 Å². The molecule has 2 fully saturated rings. The number of alkyl halides is 6. The summed E-state index contributed by atoms with van der Waals surface area (Å²) in [6.07, 6.45) is -3.23. The molecule has 0 saturated carbocycles. The van der Waals surface area contributed by atoms with Gasteiger partial charge in [0.2, 0.25) is 0 Å². The van der Waals surface area contributed by atoms with E-state index in [9.17, 15) is 49.9 Å². The largest absolute Gasteiger partial charge is 0.417 e. The summed E-state index contributed by atoms with van der Waals surface area (Å²) >= 11 is 0. The summed E-state index contributed by atoms with van der Waals surface area (Å²) in [5.41, 5.74) is -2.38. The minimum atomic E-state index is -4.90. The zero-order chi connectivity index (χ0) is 57.9. The molecule has 5 aromatic carbocycles. The number of hydrogen-bond donors (Lipinski definition) is 4. The van der Waals surface area contributed by atoms with Crippen LogP contribution in [0.5, 0.6) is 0 Å². The van der Waals surface area contributed by atoms with Crippen LogP contribution in [0.15, 0.2) is 140 Å². The van der Waals surface area contributed by atoms with Gasteiger partial charge < -0.3 is 20.4 Å². The number of carbonyl (C=O) groups is 4. The SMILES string of the molecule is CC(CCC1(c2ccc(F)cc2)NC(=N)N(Cc2ccc(C(F)(F)F)c(C(=O)N3Cc4cncnc4C3)c2)C1=O)Cc1ccc(C2(c3ccccc3)NC(=N)N(Cc3ccc(C(F)(F)F)c(C(=O)N4Cc5nccnc5C4)c3)C2=O)cc1. The zero-order valence-corrected chi connectivity index (χ0v) is 43.6. The molecule has 2 aromatic heterocycles. The molecule has 82 heavy (non-hydrogen) atoms. The van der Waals surface area contributed by atoms with Gasteiger partial charge in [-0.2, -0.15) is 26.3 Å². The Bertz CT molecular complexity index is 3670. The molecule has 0 spiro atoms. The molecule has 7 aromatic rings. The van der Waals surface area contributed by atoms with Crippen molar-refractivity contribution in [1.82, 2.24) is 50.2 Å². The number of guanidine groups is 2. The lowest BCUT2D eigenvalue weighted by Gasteiger charge is -2.29. The van der Waals surface area contributed by atoms with Crippen molar-refractivity contribution in [1.29, 1.82) is 10.8 Å². The third kappa shape index (κ3) is 10.0. The molecular weight excluding hydrogens is 1070 g/mol. The molecule has 4 N–H and O–H groups in total. The van der Waals surface area contributed by atoms with E-state index in [-0.39, 0.29) is 74.7 Å². The molecule has 0 bridgehead atoms. The van der Waals surface area contributed by atoms with Gasteiger partial charge in [-0.05, 0) is 95.0 Å². The molecule has 2 saturated heterocycles. The van der Waals surface area contributed by atoms with Gasteiger partial charge >= 0.3 is 12.4 Å². The summed E-state index contributed by atoms with van der Waals surface area (Å²) < 4.78 is 101. The second kappa shape index (κ2) is 20.9. The first-order chi connectivity index (χ1) is 39.1. The molecule has 3 atom stereocenters. The maximum atomic E-state index is 14.9. The first-order valence-corrected chi connectivity index (χ1v) is 26.0. The van der Waals surface area contributed by atoms with Gasteiger partial charge in [0.1, 0.15) is 17.7 Å². The van der Waals surface area contributed by atoms with Crippen LogP contribution >= 0.6 is 0 Å². The number of amides is 4. The van der Waals surface area contributed by atoms with Crippen molar-refractivity contribution < 1.29 is 49.9 Å². The van der Waals surface area contributed by atoms with E-state index in [0.29, 0.717) is 52.2 Å². The second-order valence-corrected chi connectivity index (χ2v) is 20.8. The Morgan fingerprint density at radius 2 is 1.13 bits per heavy atom. The normalized spacial score (nSPS) is 19.1. The number of fused-ring (bicyclic) bond motifs is 2. The second-order valence-electron chi connectivity index (χ2n) is 20.8. The lowest BCUT2D eigenvalue weighted by atomic mass is 9.81. The van der Waals surface area contributed by atoms with Crippen LogP contribution in [0.4, 0.5) is 30.7 Å². The summed E-state index contributed by atoms with van der Waals surface area (Å²) in [6, 6.07) is 27.1. The number of benzene rings is 5. The van der Waals surface area contributed by atoms with Crippen LogP contribution < -0.4 is 10.6 Å². The van der Waals surface area contributed by atoms with E-state index in [1.165, 1.54) is 65.0 Å². The van der Waals surface area contributed by atoms with Gasteiger partial charge in [0.25, 0.3) is 23.6 Å². The van der Waals surface area contributed by atoms with E-state index in [1.807, 2.05) is 19.1 Å². The van der Waals surface area contributed by atoms with E-state index in [0.717, 1.165) is 45.7 Å². The van der Waals surface area contributed by atoms with Crippen molar-refractivity contribution in [2.24, 2.45) is 5.92 Å². The Morgan fingerprint density at radius 3 is 1.71 bits per heavy atom. The summed E-state index contributed by atoms with van der Waals surface area (Å²) in [7, 11) is 0. The van der Waals surface area contributed by atoms with Crippen LogP contribution in [0.25, 0.3) is 0 Å². The summed E-state index contributed by atoms with van der Waals surface area (Å²) in [4.78, 5) is 78.5. The minimum absolute atomic E-state index is 0.00120. The number of nitrogens with one attached hydrogen (secondary N) is 4. The first kappa shape index (κ1) is 54.5. The molecule has 0 radical (unpaired) electrons. The number of halogens is 7. The van der Waals surface area contributed by atoms with Gasteiger partial charge in [-0.15, -0.1) is 0 Å². The van der Waals surface area contributed by atoms with Gasteiger partial charge in [0.05, 0.1) is 72.1 Å². The van der Waals surface area contributed by atoms with E-state index >= 15 is 0 Å². The van der Waals surface area contributed by atoms with Crippen molar-refractivity contribution in [2.45, 2.75) is 88.9 Å². The summed E-state index contributed by atoms with van der Waals surface area (Å²) in [5, 5.41) is 24.2. The molecule has 4 aliphatic rings. The van der Waals surface area contributed by atoms with Crippen molar-refractivity contribution in [3.05, 3.63) is 224 Å². The molecular formula is C59H49F7N12O4. The maximum Gasteiger partial charge on any atom is 0.417 e. The number of carbonyl (C=O) groups excluding carboxylic acids is 4. The predicted octanol–water partition coefficient (Wildman–Crippen LogP) is 8.99. The third-order valence-electron chi connectivity index (χ3n) is 15.5. The van der Waals surface area contributed by atoms with Gasteiger partial charge in [-0.25, -0.2) is 14.4 Å². The van der Waals surface area contributed by atoms with Crippen molar-refractivity contribution in [3.8, 4) is 0 Å². The molecule has 4 aliphatic heterocycles. The molecule has 16 nitrogen and oxygen atoms in total. The van der Waals surface area contributed by atoms with E-state index in [2.05, 4.69) is 30.6 Å². The number of nitrogens with zero attached hydrogens (tertiary/aromatic N) is 8. The van der Waals surface area contributed by atoms with Crippen LogP contribution in [0.1, 0.15) is 108 Å². The average Bonchev–Trinajstić information content (AvgIpc) is 3.05. The van der Waals surface area contributed by atoms with Crippen LogP contribution in [0.2, 0.25) is 0 Å². The standard InChI is InChI=1S/C59H49F7N12O4/c1-34(19-20-56(39-13-15-42(60)16-14-39)52(81)77(54(67)73-56)27-36-9-17-45(58(61,62)63)43(24-36)50(79)75-29-38-26-69-33-72-47(38)30-75)23-35-7-11-41(12-8-35)57(40-5-3-2-4-6-40)53(82)78(55(68)74-57)28-37-10-18-46(59(64,65)66)44(25-37)51(80)76-31-48-49(32-76)71-22-21-70-48/h2-18,21-22,24-26,33-34H,19-20,23,27-32H2,1H3,(H2,67,73)(H2,68,74). The number of rotatable bonds is 14. The van der Waals surface area contributed by atoms with Gasteiger partial charge in [-0.3, -0.25) is 49.8 Å². The van der Waals surface area contributed by atoms with Crippen LogP contribution in [-0.4, -0.2) is 75.1 Å². The Morgan fingerprint density at radius 1 is 0.622 bits per heavy atom. The van der Waals surface area contributed by atoms with Crippen LogP contribution in [-0.2, 0) is 78.7 Å². The summed E-state index contributed by atoms with van der Waals surface area (Å²) in [6.45, 7) is 1.12. The minimum Gasteiger partial charge on any atom is -0.338 e. The number of aromatic nitrogens is 4. The lowest BCUT2D eigenvalue weighted by Crippen LogP contribution is -2.45. The highest BCUT2D eigenvalue weighted by Gasteiger charge is 2.53. The predicted molar refractivity (Wildman–Crippen MR) is 281 cm³/mol. The quantitative estimate of drug-likeness (QED) is 0.0761. The molecule has 11 rings (SSSR count). The van der Waals surface area contributed by atoms with Gasteiger partial charge in [0.15, 0.2) is 17.5 Å². The van der Waals surface area contributed by atoms with Crippen molar-refractivity contribution in [2.75, 3.05) is 0 Å². The third-order valence-corrected chi connectivity index (χ3v) is 15.5. The highest BCUT2D eigenvalue weighted by atomic mass is 19.4. The fourth-order valence-corrected chi connectivity index (χ4v) is 11.3. The Balaban J connectivity index is 0.807. The summed E-state index contributed by atoms with van der Waals surface area (Å²) in [5.74, 6) is -4.41. The highest BCUT2D eigenvalue weighted by Crippen LogP contribution is 2.41. The molecule has 6 heterocycles.